The van der Waals surface area contributed by atoms with Crippen LogP contribution in [0.1, 0.15) is 18.1 Å². The fourth-order valence-corrected chi connectivity index (χ4v) is 2.11. The number of halogens is 1. The number of rotatable bonds is 4. The SMILES string of the molecule is CCc1ccc(NC(=O)Cc2ccc(Cl)cc2)cc1N. The molecule has 20 heavy (non-hydrogen) atoms. The zero-order valence-electron chi connectivity index (χ0n) is 11.3. The zero-order chi connectivity index (χ0) is 14.5. The van der Waals surface area contributed by atoms with Crippen molar-refractivity contribution in [2.24, 2.45) is 0 Å². The van der Waals surface area contributed by atoms with E-state index < -0.39 is 0 Å². The summed E-state index contributed by atoms with van der Waals surface area (Å²) >= 11 is 5.81. The molecule has 0 radical (unpaired) electrons. The first-order chi connectivity index (χ1) is 9.58. The average molecular weight is 289 g/mol. The molecule has 0 aromatic heterocycles. The minimum Gasteiger partial charge on any atom is -0.398 e. The van der Waals surface area contributed by atoms with Crippen LogP contribution in [0, 0.1) is 0 Å². The molecule has 0 aliphatic carbocycles. The first-order valence-electron chi connectivity index (χ1n) is 6.51. The summed E-state index contributed by atoms with van der Waals surface area (Å²) in [6, 6.07) is 12.8. The van der Waals surface area contributed by atoms with E-state index in [0.717, 1.165) is 23.2 Å². The Kier molecular flexibility index (Phi) is 4.64. The lowest BCUT2D eigenvalue weighted by Crippen LogP contribution is -2.14. The summed E-state index contributed by atoms with van der Waals surface area (Å²) in [4.78, 5) is 11.9. The molecule has 0 aliphatic rings. The van der Waals surface area contributed by atoms with Crippen LogP contribution in [0.2, 0.25) is 5.02 Å². The molecule has 4 heteroatoms. The van der Waals surface area contributed by atoms with Crippen molar-refractivity contribution in [3.05, 3.63) is 58.6 Å². The molecule has 0 atom stereocenters. The molecule has 2 aromatic rings. The number of nitrogens with one attached hydrogen (secondary N) is 1. The first kappa shape index (κ1) is 14.4. The molecule has 2 rings (SSSR count). The number of aryl methyl sites for hydroxylation is 1. The summed E-state index contributed by atoms with van der Waals surface area (Å²) in [5.74, 6) is -0.0732. The Morgan fingerprint density at radius 3 is 2.50 bits per heavy atom. The molecule has 0 spiro atoms. The number of amides is 1. The number of nitrogen functional groups attached to an aromatic ring is 1. The molecule has 0 saturated carbocycles. The summed E-state index contributed by atoms with van der Waals surface area (Å²) in [5.41, 5.74) is 9.34. The lowest BCUT2D eigenvalue weighted by Gasteiger charge is -2.08. The van der Waals surface area contributed by atoms with E-state index in [1.807, 2.05) is 31.2 Å². The van der Waals surface area contributed by atoms with Gasteiger partial charge in [-0.05, 0) is 41.8 Å². The second-order valence-electron chi connectivity index (χ2n) is 4.62. The van der Waals surface area contributed by atoms with Crippen LogP contribution in [0.3, 0.4) is 0 Å². The maximum Gasteiger partial charge on any atom is 0.228 e. The Balaban J connectivity index is 2.01. The van der Waals surface area contributed by atoms with Crippen LogP contribution >= 0.6 is 11.6 Å². The van der Waals surface area contributed by atoms with Crippen LogP contribution in [0.5, 0.6) is 0 Å². The van der Waals surface area contributed by atoms with Crippen LogP contribution in [0.15, 0.2) is 42.5 Å². The van der Waals surface area contributed by atoms with Gasteiger partial charge in [0.25, 0.3) is 0 Å². The van der Waals surface area contributed by atoms with Gasteiger partial charge < -0.3 is 11.1 Å². The number of benzene rings is 2. The Morgan fingerprint density at radius 2 is 1.90 bits per heavy atom. The van der Waals surface area contributed by atoms with Crippen LogP contribution in [0.25, 0.3) is 0 Å². The summed E-state index contributed by atoms with van der Waals surface area (Å²) in [6.45, 7) is 2.05. The molecule has 3 nitrogen and oxygen atoms in total. The average Bonchev–Trinajstić information content (AvgIpc) is 2.41. The van der Waals surface area contributed by atoms with E-state index in [-0.39, 0.29) is 5.91 Å². The van der Waals surface area contributed by atoms with Gasteiger partial charge in [0.15, 0.2) is 0 Å². The van der Waals surface area contributed by atoms with E-state index in [2.05, 4.69) is 5.32 Å². The third-order valence-corrected chi connectivity index (χ3v) is 3.34. The second kappa shape index (κ2) is 6.44. The van der Waals surface area contributed by atoms with Crippen molar-refractivity contribution in [1.82, 2.24) is 0 Å². The number of carbonyl (C=O) groups is 1. The monoisotopic (exact) mass is 288 g/mol. The smallest absolute Gasteiger partial charge is 0.228 e. The van der Waals surface area contributed by atoms with Crippen molar-refractivity contribution in [3.8, 4) is 0 Å². The van der Waals surface area contributed by atoms with Crippen molar-refractivity contribution >= 4 is 28.9 Å². The summed E-state index contributed by atoms with van der Waals surface area (Å²) in [6.07, 6.45) is 1.19. The zero-order valence-corrected chi connectivity index (χ0v) is 12.1. The molecular formula is C16H17ClN2O. The van der Waals surface area contributed by atoms with E-state index in [1.54, 1.807) is 18.2 Å². The first-order valence-corrected chi connectivity index (χ1v) is 6.89. The molecule has 0 fully saturated rings. The van der Waals surface area contributed by atoms with Crippen molar-refractivity contribution in [2.45, 2.75) is 19.8 Å². The van der Waals surface area contributed by atoms with Crippen LogP contribution in [-0.2, 0) is 17.6 Å². The fourth-order valence-electron chi connectivity index (χ4n) is 1.99. The lowest BCUT2D eigenvalue weighted by atomic mass is 10.1. The fraction of sp³-hybridized carbons (Fsp3) is 0.188. The van der Waals surface area contributed by atoms with Gasteiger partial charge in [-0.2, -0.15) is 0 Å². The van der Waals surface area contributed by atoms with Gasteiger partial charge in [-0.25, -0.2) is 0 Å². The Morgan fingerprint density at radius 1 is 1.20 bits per heavy atom. The molecule has 0 heterocycles. The van der Waals surface area contributed by atoms with Crippen LogP contribution in [-0.4, -0.2) is 5.91 Å². The van der Waals surface area contributed by atoms with Gasteiger partial charge in [0.05, 0.1) is 6.42 Å². The highest BCUT2D eigenvalue weighted by molar-refractivity contribution is 6.30. The highest BCUT2D eigenvalue weighted by Gasteiger charge is 2.05. The number of carbonyl (C=O) groups excluding carboxylic acids is 1. The molecule has 3 N–H and O–H groups in total. The third kappa shape index (κ3) is 3.75. The number of anilines is 2. The minimum absolute atomic E-state index is 0.0732. The molecule has 2 aromatic carbocycles. The lowest BCUT2D eigenvalue weighted by molar-refractivity contribution is -0.115. The van der Waals surface area contributed by atoms with E-state index in [0.29, 0.717) is 17.1 Å². The summed E-state index contributed by atoms with van der Waals surface area (Å²) in [7, 11) is 0. The van der Waals surface area contributed by atoms with Gasteiger partial charge in [0, 0.05) is 16.4 Å². The molecular weight excluding hydrogens is 272 g/mol. The molecule has 0 aliphatic heterocycles. The van der Waals surface area contributed by atoms with Gasteiger partial charge in [0.2, 0.25) is 5.91 Å². The Bertz CT molecular complexity index is 608. The van der Waals surface area contributed by atoms with Gasteiger partial charge in [-0.3, -0.25) is 4.79 Å². The summed E-state index contributed by atoms with van der Waals surface area (Å²) < 4.78 is 0. The molecule has 0 bridgehead atoms. The highest BCUT2D eigenvalue weighted by Crippen LogP contribution is 2.19. The maximum atomic E-state index is 11.9. The molecule has 104 valence electrons. The standard InChI is InChI=1S/C16H17ClN2O/c1-2-12-5-8-14(10-15(12)18)19-16(20)9-11-3-6-13(17)7-4-11/h3-8,10H,2,9,18H2,1H3,(H,19,20). The van der Waals surface area contributed by atoms with Crippen LogP contribution < -0.4 is 11.1 Å². The minimum atomic E-state index is -0.0732. The molecule has 0 unspecified atom stereocenters. The van der Waals surface area contributed by atoms with Crippen LogP contribution in [0.4, 0.5) is 11.4 Å². The van der Waals surface area contributed by atoms with Crippen molar-refractivity contribution < 1.29 is 4.79 Å². The topological polar surface area (TPSA) is 55.1 Å². The van der Waals surface area contributed by atoms with Gasteiger partial charge in [-0.15, -0.1) is 0 Å². The summed E-state index contributed by atoms with van der Waals surface area (Å²) in [5, 5.41) is 3.51. The van der Waals surface area contributed by atoms with Gasteiger partial charge in [0.1, 0.15) is 0 Å². The van der Waals surface area contributed by atoms with Gasteiger partial charge >= 0.3 is 0 Å². The number of hydrogen-bond donors (Lipinski definition) is 2. The Hall–Kier alpha value is -2.00. The van der Waals surface area contributed by atoms with E-state index in [4.69, 9.17) is 17.3 Å². The predicted molar refractivity (Wildman–Crippen MR) is 84.0 cm³/mol. The second-order valence-corrected chi connectivity index (χ2v) is 5.06. The Labute approximate surface area is 123 Å². The van der Waals surface area contributed by atoms with E-state index in [1.165, 1.54) is 0 Å². The predicted octanol–water partition coefficient (Wildman–Crippen LogP) is 3.67. The number of nitrogens with two attached hydrogens (primary N) is 1. The van der Waals surface area contributed by atoms with Crippen molar-refractivity contribution in [2.75, 3.05) is 11.1 Å². The highest BCUT2D eigenvalue weighted by atomic mass is 35.5. The largest absolute Gasteiger partial charge is 0.398 e. The molecule has 1 amide bonds. The van der Waals surface area contributed by atoms with Crippen molar-refractivity contribution in [1.29, 1.82) is 0 Å². The van der Waals surface area contributed by atoms with Crippen molar-refractivity contribution in [3.63, 3.8) is 0 Å². The molecule has 0 saturated heterocycles. The normalized spacial score (nSPS) is 10.3. The van der Waals surface area contributed by atoms with E-state index in [9.17, 15) is 4.79 Å². The maximum absolute atomic E-state index is 11.9. The quantitative estimate of drug-likeness (QED) is 0.844. The third-order valence-electron chi connectivity index (χ3n) is 3.09. The number of hydrogen-bond acceptors (Lipinski definition) is 2. The van der Waals surface area contributed by atoms with Gasteiger partial charge in [-0.1, -0.05) is 36.7 Å². The van der Waals surface area contributed by atoms with E-state index >= 15 is 0 Å².